The van der Waals surface area contributed by atoms with Gasteiger partial charge in [0.25, 0.3) is 0 Å². The van der Waals surface area contributed by atoms with Crippen molar-refractivity contribution in [2.75, 3.05) is 57.5 Å². The predicted octanol–water partition coefficient (Wildman–Crippen LogP) is 2.55. The van der Waals surface area contributed by atoms with Gasteiger partial charge in [0.15, 0.2) is 5.65 Å². The van der Waals surface area contributed by atoms with E-state index in [1.54, 1.807) is 20.4 Å². The zero-order valence-corrected chi connectivity index (χ0v) is 23.5. The van der Waals surface area contributed by atoms with Crippen molar-refractivity contribution in [3.63, 3.8) is 0 Å². The van der Waals surface area contributed by atoms with E-state index >= 15 is 0 Å². The van der Waals surface area contributed by atoms with Gasteiger partial charge in [-0.05, 0) is 45.7 Å². The van der Waals surface area contributed by atoms with Gasteiger partial charge >= 0.3 is 6.09 Å². The van der Waals surface area contributed by atoms with Crippen LogP contribution in [-0.4, -0.2) is 111 Å². The Morgan fingerprint density at radius 1 is 1.05 bits per heavy atom. The lowest BCUT2D eigenvalue weighted by atomic mass is 10.1. The number of anilines is 2. The Balaban J connectivity index is 1.13. The van der Waals surface area contributed by atoms with Gasteiger partial charge in [0.1, 0.15) is 6.10 Å². The number of likely N-dealkylation sites (tertiary alicyclic amines) is 2. The summed E-state index contributed by atoms with van der Waals surface area (Å²) in [5, 5.41) is 11.5. The van der Waals surface area contributed by atoms with E-state index in [4.69, 9.17) is 14.7 Å². The number of aromatic nitrogens is 4. The van der Waals surface area contributed by atoms with E-state index in [9.17, 15) is 9.59 Å². The second-order valence-electron chi connectivity index (χ2n) is 11.4. The average Bonchev–Trinajstić information content (AvgIpc) is 3.40. The Morgan fingerprint density at radius 3 is 2.46 bits per heavy atom. The van der Waals surface area contributed by atoms with Crippen LogP contribution in [0.1, 0.15) is 57.4 Å². The van der Waals surface area contributed by atoms with Crippen molar-refractivity contribution in [2.45, 2.75) is 70.1 Å². The second-order valence-corrected chi connectivity index (χ2v) is 11.4. The molecule has 2 aromatic rings. The molecule has 0 aromatic carbocycles. The molecule has 3 aliphatic rings. The summed E-state index contributed by atoms with van der Waals surface area (Å²) >= 11 is 0. The summed E-state index contributed by atoms with van der Waals surface area (Å²) in [5.74, 6) is 1.58. The summed E-state index contributed by atoms with van der Waals surface area (Å²) in [6, 6.07) is 0.603. The van der Waals surface area contributed by atoms with Crippen LogP contribution >= 0.6 is 0 Å². The highest BCUT2D eigenvalue weighted by molar-refractivity contribution is 5.87. The number of rotatable bonds is 9. The summed E-state index contributed by atoms with van der Waals surface area (Å²) in [4.78, 5) is 40.2. The molecule has 1 atom stereocenters. The predicted molar refractivity (Wildman–Crippen MR) is 149 cm³/mol. The molecule has 3 fully saturated rings. The van der Waals surface area contributed by atoms with Crippen LogP contribution < -0.4 is 10.6 Å². The number of nitrogens with one attached hydrogen (secondary N) is 2. The lowest BCUT2D eigenvalue weighted by Gasteiger charge is -2.32. The molecule has 212 valence electrons. The van der Waals surface area contributed by atoms with Gasteiger partial charge in [0, 0.05) is 56.3 Å². The number of hydrogen-bond acceptors (Lipinski definition) is 9. The summed E-state index contributed by atoms with van der Waals surface area (Å²) in [6.07, 6.45) is 9.27. The molecule has 1 unspecified atom stereocenters. The topological polar surface area (TPSA) is 120 Å². The number of nitrogens with zero attached hydrogens (tertiary/aromatic N) is 7. The maximum atomic E-state index is 12.9. The third-order valence-corrected chi connectivity index (χ3v) is 7.47. The van der Waals surface area contributed by atoms with Gasteiger partial charge in [-0.15, -0.1) is 0 Å². The number of fused-ring (bicyclic) bond motifs is 1. The highest BCUT2D eigenvalue weighted by Crippen LogP contribution is 2.27. The Morgan fingerprint density at radius 2 is 1.77 bits per heavy atom. The minimum Gasteiger partial charge on any atom is -0.444 e. The van der Waals surface area contributed by atoms with Gasteiger partial charge in [-0.2, -0.15) is 19.6 Å². The Kier molecular flexibility index (Phi) is 8.20. The lowest BCUT2D eigenvalue weighted by molar-refractivity contribution is -0.125. The van der Waals surface area contributed by atoms with Crippen molar-refractivity contribution in [3.8, 4) is 0 Å². The number of carbonyl (C=O) groups excluding carboxylic acids is 2. The molecule has 4 heterocycles. The Hall–Kier alpha value is -3.41. The number of amides is 2. The van der Waals surface area contributed by atoms with E-state index < -0.39 is 0 Å². The molecule has 2 N–H and O–H groups in total. The van der Waals surface area contributed by atoms with E-state index in [1.807, 2.05) is 31.3 Å². The minimum absolute atomic E-state index is 0.0331. The fourth-order valence-corrected chi connectivity index (χ4v) is 4.97. The van der Waals surface area contributed by atoms with Crippen molar-refractivity contribution < 1.29 is 14.3 Å². The smallest absolute Gasteiger partial charge is 0.410 e. The van der Waals surface area contributed by atoms with Crippen LogP contribution in [-0.2, 0) is 9.53 Å². The summed E-state index contributed by atoms with van der Waals surface area (Å²) < 4.78 is 7.55. The summed E-state index contributed by atoms with van der Waals surface area (Å²) in [7, 11) is 3.91. The van der Waals surface area contributed by atoms with Crippen LogP contribution in [0.15, 0.2) is 18.3 Å². The van der Waals surface area contributed by atoms with E-state index in [0.29, 0.717) is 63.0 Å². The molecule has 12 heteroatoms. The molecule has 2 aliphatic heterocycles. The van der Waals surface area contributed by atoms with Crippen molar-refractivity contribution in [3.05, 3.63) is 23.9 Å². The fraction of sp³-hybridized carbons (Fsp3) is 0.667. The molecular weight excluding hydrogens is 498 g/mol. The zero-order chi connectivity index (χ0) is 27.5. The van der Waals surface area contributed by atoms with Gasteiger partial charge in [0.05, 0.1) is 12.7 Å². The molecule has 1 aliphatic carbocycles. The van der Waals surface area contributed by atoms with Gasteiger partial charge in [0.2, 0.25) is 17.8 Å². The Labute approximate surface area is 229 Å². The number of piperidine rings is 1. The normalized spacial score (nSPS) is 20.5. The van der Waals surface area contributed by atoms with Crippen LogP contribution in [0.5, 0.6) is 0 Å². The quantitative estimate of drug-likeness (QED) is 0.463. The van der Waals surface area contributed by atoms with Crippen LogP contribution in [0.4, 0.5) is 16.7 Å². The Bertz CT molecular complexity index is 1200. The third-order valence-electron chi connectivity index (χ3n) is 7.47. The summed E-state index contributed by atoms with van der Waals surface area (Å²) in [5.41, 5.74) is 1.91. The van der Waals surface area contributed by atoms with Crippen molar-refractivity contribution in [1.82, 2.24) is 34.3 Å². The molecule has 12 nitrogen and oxygen atoms in total. The van der Waals surface area contributed by atoms with Crippen LogP contribution in [0.25, 0.3) is 5.65 Å². The third kappa shape index (κ3) is 6.78. The van der Waals surface area contributed by atoms with Crippen molar-refractivity contribution in [2.24, 2.45) is 0 Å². The zero-order valence-electron chi connectivity index (χ0n) is 23.5. The fourth-order valence-electron chi connectivity index (χ4n) is 4.97. The van der Waals surface area contributed by atoms with Crippen molar-refractivity contribution >= 4 is 29.5 Å². The molecule has 2 amide bonds. The average molecular weight is 540 g/mol. The van der Waals surface area contributed by atoms with Gasteiger partial charge in [-0.1, -0.05) is 19.9 Å². The van der Waals surface area contributed by atoms with Gasteiger partial charge in [-0.25, -0.2) is 4.79 Å². The molecule has 5 rings (SSSR count). The first-order valence-corrected chi connectivity index (χ1v) is 14.1. The number of carbonyl (C=O) groups is 2. The lowest BCUT2D eigenvalue weighted by Crippen LogP contribution is -2.44. The SMILES string of the molecule is CC(C)c1cnn2c(NC3CCN(C(=O)OC4CCN(C(=O)C=CCN(C)C)C4)CC3)nc(NC3CC3)nc12. The molecule has 1 saturated carbocycles. The van der Waals surface area contributed by atoms with Gasteiger partial charge in [-0.3, -0.25) is 4.79 Å². The molecule has 0 radical (unpaired) electrons. The molecular formula is C27H41N9O3. The van der Waals surface area contributed by atoms with Crippen LogP contribution in [0, 0.1) is 0 Å². The first-order valence-electron chi connectivity index (χ1n) is 14.1. The first-order chi connectivity index (χ1) is 18.8. The first kappa shape index (κ1) is 27.2. The summed E-state index contributed by atoms with van der Waals surface area (Å²) in [6.45, 7) is 7.22. The molecule has 0 bridgehead atoms. The standard InChI is InChI=1S/C27H41N9O3/c1-18(2)22-16-28-36-24(22)31-25(29-19-7-8-19)32-26(36)30-20-9-13-34(14-10-20)27(38)39-21-11-15-35(17-21)23(37)6-5-12-33(3)4/h5-6,16,18-21H,7-15,17H2,1-4H3,(H2,29,30,31,32). The minimum atomic E-state index is -0.301. The monoisotopic (exact) mass is 539 g/mol. The van der Waals surface area contributed by atoms with Crippen molar-refractivity contribution in [1.29, 1.82) is 0 Å². The van der Waals surface area contributed by atoms with E-state index in [0.717, 1.165) is 36.9 Å². The molecule has 0 spiro atoms. The molecule has 2 saturated heterocycles. The number of likely N-dealkylation sites (N-methyl/N-ethyl adjacent to an activating group) is 1. The highest BCUT2D eigenvalue weighted by atomic mass is 16.6. The number of hydrogen-bond donors (Lipinski definition) is 2. The largest absolute Gasteiger partial charge is 0.444 e. The second kappa shape index (κ2) is 11.8. The highest BCUT2D eigenvalue weighted by Gasteiger charge is 2.31. The number of ether oxygens (including phenoxy) is 1. The van der Waals surface area contributed by atoms with Crippen LogP contribution in [0.3, 0.4) is 0 Å². The molecule has 39 heavy (non-hydrogen) atoms. The maximum Gasteiger partial charge on any atom is 0.410 e. The van der Waals surface area contributed by atoms with Gasteiger partial charge < -0.3 is 30.1 Å². The van der Waals surface area contributed by atoms with E-state index in [1.165, 1.54) is 0 Å². The van der Waals surface area contributed by atoms with Crippen LogP contribution in [0.2, 0.25) is 0 Å². The van der Waals surface area contributed by atoms with E-state index in [-0.39, 0.29) is 24.1 Å². The maximum absolute atomic E-state index is 12.9. The van der Waals surface area contributed by atoms with E-state index in [2.05, 4.69) is 29.6 Å². The molecule has 2 aromatic heterocycles.